The van der Waals surface area contributed by atoms with Crippen LogP contribution in [0.2, 0.25) is 0 Å². The largest absolute Gasteiger partial charge is 0.505 e. The molecule has 0 aromatic carbocycles. The molecule has 5 nitrogen and oxygen atoms in total. The van der Waals surface area contributed by atoms with E-state index in [1.807, 2.05) is 6.08 Å². The maximum atomic E-state index is 12.0. The summed E-state index contributed by atoms with van der Waals surface area (Å²) in [6.45, 7) is 6.46. The molecule has 5 heteroatoms. The average molecular weight is 401 g/mol. The molecule has 5 aliphatic rings. The number of aliphatic hydroxyl groups is 1. The topological polar surface area (TPSA) is 83.8 Å². The van der Waals surface area contributed by atoms with Gasteiger partial charge in [0.15, 0.2) is 5.78 Å². The van der Waals surface area contributed by atoms with Gasteiger partial charge in [0.05, 0.1) is 12.2 Å². The zero-order chi connectivity index (χ0) is 20.6. The molecule has 4 fully saturated rings. The van der Waals surface area contributed by atoms with E-state index in [-0.39, 0.29) is 23.7 Å². The van der Waals surface area contributed by atoms with E-state index < -0.39 is 11.8 Å². The first-order valence-corrected chi connectivity index (χ1v) is 11.2. The highest BCUT2D eigenvalue weighted by molar-refractivity contribution is 5.91. The van der Waals surface area contributed by atoms with E-state index in [9.17, 15) is 14.7 Å². The Morgan fingerprint density at radius 3 is 2.90 bits per heavy atom. The molecule has 0 radical (unpaired) electrons. The van der Waals surface area contributed by atoms with E-state index in [0.717, 1.165) is 32.1 Å². The Morgan fingerprint density at radius 2 is 2.17 bits per heavy atom. The quantitative estimate of drug-likeness (QED) is 0.545. The van der Waals surface area contributed by atoms with Crippen molar-refractivity contribution in [2.75, 3.05) is 6.61 Å². The lowest BCUT2D eigenvalue weighted by Crippen LogP contribution is -2.57. The van der Waals surface area contributed by atoms with E-state index >= 15 is 0 Å². The first-order chi connectivity index (χ1) is 13.8. The second kappa shape index (κ2) is 6.44. The first kappa shape index (κ1) is 19.3. The van der Waals surface area contributed by atoms with Crippen LogP contribution in [0.4, 0.5) is 4.79 Å². The maximum absolute atomic E-state index is 12.0. The monoisotopic (exact) mass is 400 g/mol. The summed E-state index contributed by atoms with van der Waals surface area (Å²) in [7, 11) is 0. The smallest absolute Gasteiger partial charge is 0.450 e. The number of carbonyl (C=O) groups excluding carboxylic acids is 1. The van der Waals surface area contributed by atoms with E-state index in [1.165, 1.54) is 5.57 Å². The van der Waals surface area contributed by atoms with Crippen molar-refractivity contribution in [3.05, 3.63) is 24.3 Å². The lowest BCUT2D eigenvalue weighted by atomic mass is 9.46. The minimum absolute atomic E-state index is 0.0635. The van der Waals surface area contributed by atoms with Crippen molar-refractivity contribution in [3.8, 4) is 0 Å². The van der Waals surface area contributed by atoms with Crippen molar-refractivity contribution in [1.29, 1.82) is 0 Å². The van der Waals surface area contributed by atoms with Gasteiger partial charge in [-0.2, -0.15) is 0 Å². The fourth-order valence-corrected chi connectivity index (χ4v) is 8.40. The van der Waals surface area contributed by atoms with Gasteiger partial charge in [-0.05, 0) is 79.6 Å². The van der Waals surface area contributed by atoms with Crippen LogP contribution in [-0.2, 0) is 9.53 Å². The Labute approximate surface area is 172 Å². The van der Waals surface area contributed by atoms with Crippen LogP contribution in [0, 0.1) is 46.8 Å². The Balaban J connectivity index is 1.46. The van der Waals surface area contributed by atoms with Gasteiger partial charge in [0.2, 0.25) is 0 Å². The Kier molecular flexibility index (Phi) is 4.29. The molecule has 0 aromatic rings. The summed E-state index contributed by atoms with van der Waals surface area (Å²) in [6, 6.07) is 0. The van der Waals surface area contributed by atoms with E-state index in [2.05, 4.69) is 19.6 Å². The van der Waals surface area contributed by atoms with Crippen LogP contribution < -0.4 is 0 Å². The SMILES string of the molecule is C=C[C@H]1CC2=CC(=O)CC[C@@H]2[C@H]2CC[C@@]3(C)[C@@H]([C@H]4C[C@H]4[C@@]3(O)CCOC(=O)O)[C@@H]21. The number of hydrogen-bond donors (Lipinski definition) is 2. The summed E-state index contributed by atoms with van der Waals surface area (Å²) in [4.78, 5) is 22.8. The lowest BCUT2D eigenvalue weighted by molar-refractivity contribution is -0.153. The van der Waals surface area contributed by atoms with Gasteiger partial charge in [-0.1, -0.05) is 18.6 Å². The van der Waals surface area contributed by atoms with Crippen LogP contribution in [0.15, 0.2) is 24.3 Å². The van der Waals surface area contributed by atoms with Gasteiger partial charge in [0, 0.05) is 18.3 Å². The van der Waals surface area contributed by atoms with Crippen LogP contribution in [0.5, 0.6) is 0 Å². The third kappa shape index (κ3) is 2.62. The number of hydrogen-bond acceptors (Lipinski definition) is 4. The minimum Gasteiger partial charge on any atom is -0.450 e. The molecule has 158 valence electrons. The zero-order valence-electron chi connectivity index (χ0n) is 17.2. The van der Waals surface area contributed by atoms with E-state index in [0.29, 0.717) is 48.3 Å². The second-order valence-electron chi connectivity index (χ2n) is 10.5. The predicted molar refractivity (Wildman–Crippen MR) is 107 cm³/mol. The van der Waals surface area contributed by atoms with Crippen LogP contribution >= 0.6 is 0 Å². The molecule has 0 heterocycles. The molecule has 5 aliphatic carbocycles. The number of rotatable bonds is 4. The van der Waals surface area contributed by atoms with Crippen molar-refractivity contribution in [1.82, 2.24) is 0 Å². The predicted octanol–water partition coefficient (Wildman–Crippen LogP) is 4.21. The molecule has 0 saturated heterocycles. The standard InChI is InChI=1S/C24H32O5/c1-3-13-10-14-11-15(25)4-5-16(14)17-6-7-23(2)21(20(13)17)18-12-19(18)24(23,28)8-9-29-22(26)27/h3,11,13,16-21,28H,1,4-10,12H2,2H3,(H,26,27)/t13-,16-,17+,18-,19+,20+,21-,23-,24-/m0/s1. The number of carboxylic acid groups (broad SMARTS) is 1. The molecule has 0 unspecified atom stereocenters. The Hall–Kier alpha value is -1.62. The van der Waals surface area contributed by atoms with Crippen molar-refractivity contribution in [2.45, 2.75) is 57.5 Å². The molecule has 0 aromatic heterocycles. The molecule has 0 amide bonds. The van der Waals surface area contributed by atoms with Gasteiger partial charge in [-0.15, -0.1) is 6.58 Å². The molecule has 4 saturated carbocycles. The lowest BCUT2D eigenvalue weighted by Gasteiger charge is -2.59. The molecule has 2 N–H and O–H groups in total. The van der Waals surface area contributed by atoms with E-state index in [4.69, 9.17) is 9.84 Å². The van der Waals surface area contributed by atoms with Crippen molar-refractivity contribution in [2.24, 2.45) is 46.8 Å². The zero-order valence-corrected chi connectivity index (χ0v) is 17.2. The minimum atomic E-state index is -1.27. The molecule has 5 rings (SSSR count). The highest BCUT2D eigenvalue weighted by Gasteiger charge is 2.75. The van der Waals surface area contributed by atoms with Crippen molar-refractivity contribution in [3.63, 3.8) is 0 Å². The van der Waals surface area contributed by atoms with Gasteiger partial charge >= 0.3 is 6.16 Å². The highest BCUT2D eigenvalue weighted by atomic mass is 16.7. The van der Waals surface area contributed by atoms with E-state index in [1.54, 1.807) is 0 Å². The van der Waals surface area contributed by atoms with Crippen molar-refractivity contribution < 1.29 is 24.5 Å². The molecular weight excluding hydrogens is 368 g/mol. The number of carbonyl (C=O) groups is 2. The fourth-order valence-electron chi connectivity index (χ4n) is 8.40. The number of ketones is 1. The van der Waals surface area contributed by atoms with Crippen molar-refractivity contribution >= 4 is 11.9 Å². The van der Waals surface area contributed by atoms with Gasteiger partial charge in [-0.3, -0.25) is 4.79 Å². The molecule has 0 aliphatic heterocycles. The number of fused-ring (bicyclic) bond motifs is 7. The summed E-state index contributed by atoms with van der Waals surface area (Å²) in [5.74, 6) is 3.47. The molecule has 29 heavy (non-hydrogen) atoms. The third-order valence-corrected chi connectivity index (χ3v) is 9.56. The summed E-state index contributed by atoms with van der Waals surface area (Å²) in [5, 5.41) is 20.7. The van der Waals surface area contributed by atoms with Gasteiger partial charge < -0.3 is 14.9 Å². The van der Waals surface area contributed by atoms with Crippen LogP contribution in [0.1, 0.15) is 51.9 Å². The first-order valence-electron chi connectivity index (χ1n) is 11.2. The number of allylic oxidation sites excluding steroid dienone is 2. The van der Waals surface area contributed by atoms with Gasteiger partial charge in [-0.25, -0.2) is 4.79 Å². The summed E-state index contributed by atoms with van der Waals surface area (Å²) in [5.41, 5.74) is 0.301. The Bertz CT molecular complexity index is 786. The van der Waals surface area contributed by atoms with Gasteiger partial charge in [0.1, 0.15) is 0 Å². The summed E-state index contributed by atoms with van der Waals surface area (Å²) in [6.07, 6.45) is 8.81. The van der Waals surface area contributed by atoms with Gasteiger partial charge in [0.25, 0.3) is 0 Å². The fraction of sp³-hybridized carbons (Fsp3) is 0.750. The highest BCUT2D eigenvalue weighted by Crippen LogP contribution is 2.77. The molecule has 9 atom stereocenters. The summed E-state index contributed by atoms with van der Waals surface area (Å²) < 4.78 is 4.79. The maximum Gasteiger partial charge on any atom is 0.505 e. The molecular formula is C24H32O5. The average Bonchev–Trinajstić information content (AvgIpc) is 3.43. The summed E-state index contributed by atoms with van der Waals surface area (Å²) >= 11 is 0. The van der Waals surface area contributed by atoms with Crippen LogP contribution in [0.25, 0.3) is 0 Å². The molecule has 0 bridgehead atoms. The van der Waals surface area contributed by atoms with Crippen LogP contribution in [0.3, 0.4) is 0 Å². The normalized spacial score (nSPS) is 49.8. The molecule has 0 spiro atoms. The third-order valence-electron chi connectivity index (χ3n) is 9.56. The number of ether oxygens (including phenoxy) is 1. The second-order valence-corrected chi connectivity index (χ2v) is 10.5. The Morgan fingerprint density at radius 1 is 1.38 bits per heavy atom. The van der Waals surface area contributed by atoms with Crippen LogP contribution in [-0.4, -0.2) is 34.4 Å².